The van der Waals surface area contributed by atoms with E-state index in [9.17, 15) is 4.79 Å². The maximum Gasteiger partial charge on any atom is 0.327 e. The van der Waals surface area contributed by atoms with Crippen molar-refractivity contribution >= 4 is 5.97 Å². The van der Waals surface area contributed by atoms with E-state index in [-0.39, 0.29) is 5.97 Å². The topological polar surface area (TPSA) is 67.6 Å². The number of benzene rings is 1. The first-order valence-electron chi connectivity index (χ1n) is 5.51. The Hall–Kier alpha value is -1.43. The molecule has 0 bridgehead atoms. The maximum absolute atomic E-state index is 11.1. The predicted octanol–water partition coefficient (Wildman–Crippen LogP) is 0.738. The fourth-order valence-electron chi connectivity index (χ4n) is 1.60. The number of rotatable bonds is 6. The average Bonchev–Trinajstić information content (AvgIpc) is 2.27. The van der Waals surface area contributed by atoms with Crippen molar-refractivity contribution in [3.05, 3.63) is 35.4 Å². The molecule has 0 unspecified atom stereocenters. The summed E-state index contributed by atoms with van der Waals surface area (Å²) in [6, 6.07) is 8.30. The summed E-state index contributed by atoms with van der Waals surface area (Å²) in [6.07, 6.45) is 0.312. The van der Waals surface area contributed by atoms with E-state index in [0.29, 0.717) is 13.0 Å². The van der Waals surface area contributed by atoms with Crippen LogP contribution >= 0.6 is 0 Å². The summed E-state index contributed by atoms with van der Waals surface area (Å²) in [4.78, 5) is 17.5. The number of hydrogen-bond acceptors (Lipinski definition) is 5. The Bertz CT molecular complexity index is 369. The van der Waals surface area contributed by atoms with Crippen molar-refractivity contribution in [2.75, 3.05) is 13.6 Å². The Balaban J connectivity index is 2.34. The molecule has 0 aliphatic heterocycles. The van der Waals surface area contributed by atoms with Gasteiger partial charge in [0.2, 0.25) is 0 Å². The number of nitrogens with zero attached hydrogens (tertiary/aromatic N) is 1. The maximum atomic E-state index is 11.1. The van der Waals surface area contributed by atoms with Gasteiger partial charge in [0.1, 0.15) is 0 Å². The lowest BCUT2D eigenvalue weighted by Gasteiger charge is -2.16. The Morgan fingerprint density at radius 3 is 2.94 bits per heavy atom. The van der Waals surface area contributed by atoms with Gasteiger partial charge in [-0.25, -0.2) is 5.84 Å². The molecule has 1 aromatic carbocycles. The molecule has 0 heterocycles. The Morgan fingerprint density at radius 2 is 2.29 bits per heavy atom. The molecule has 0 amide bonds. The molecule has 5 nitrogen and oxygen atoms in total. The van der Waals surface area contributed by atoms with Gasteiger partial charge in [-0.05, 0) is 19.5 Å². The molecule has 0 aliphatic rings. The molecule has 0 spiro atoms. The number of aryl methyl sites for hydroxylation is 1. The molecule has 3 N–H and O–H groups in total. The molecular formula is C12H19N3O2. The van der Waals surface area contributed by atoms with Gasteiger partial charge in [0.15, 0.2) is 0 Å². The normalized spacial score (nSPS) is 10.6. The molecule has 17 heavy (non-hydrogen) atoms. The van der Waals surface area contributed by atoms with Crippen molar-refractivity contribution in [3.63, 3.8) is 0 Å². The van der Waals surface area contributed by atoms with Crippen molar-refractivity contribution in [1.82, 2.24) is 10.5 Å². The van der Waals surface area contributed by atoms with Crippen molar-refractivity contribution in [3.8, 4) is 0 Å². The zero-order valence-electron chi connectivity index (χ0n) is 10.3. The van der Waals surface area contributed by atoms with Crippen LogP contribution < -0.4 is 11.4 Å². The summed E-state index contributed by atoms with van der Waals surface area (Å²) in [7, 11) is 1.96. The number of carbonyl (C=O) groups is 1. The number of carbonyl (C=O) groups excluding carboxylic acids is 1. The highest BCUT2D eigenvalue weighted by Crippen LogP contribution is 2.06. The van der Waals surface area contributed by atoms with E-state index < -0.39 is 0 Å². The number of nitrogens with two attached hydrogens (primary N) is 1. The molecule has 0 radical (unpaired) electrons. The summed E-state index contributed by atoms with van der Waals surface area (Å²) < 4.78 is 0. The molecule has 1 aromatic rings. The molecule has 0 saturated carbocycles. The molecule has 5 heteroatoms. The van der Waals surface area contributed by atoms with Crippen molar-refractivity contribution in [2.24, 2.45) is 5.84 Å². The number of hydrogen-bond donors (Lipinski definition) is 2. The van der Waals surface area contributed by atoms with Gasteiger partial charge in [0, 0.05) is 13.1 Å². The van der Waals surface area contributed by atoms with Gasteiger partial charge in [-0.15, -0.1) is 0 Å². The summed E-state index contributed by atoms with van der Waals surface area (Å²) in [5.41, 5.74) is 4.35. The van der Waals surface area contributed by atoms with Crippen LogP contribution in [-0.2, 0) is 16.2 Å². The zero-order valence-corrected chi connectivity index (χ0v) is 10.3. The first-order chi connectivity index (χ1) is 8.11. The molecular weight excluding hydrogens is 218 g/mol. The van der Waals surface area contributed by atoms with Gasteiger partial charge in [0.05, 0.1) is 6.42 Å². The minimum absolute atomic E-state index is 0.312. The second-order valence-corrected chi connectivity index (χ2v) is 4.07. The second-order valence-electron chi connectivity index (χ2n) is 4.07. The summed E-state index contributed by atoms with van der Waals surface area (Å²) >= 11 is 0. The van der Waals surface area contributed by atoms with Crippen LogP contribution in [0, 0.1) is 6.92 Å². The Labute approximate surface area is 101 Å². The largest absolute Gasteiger partial charge is 0.356 e. The van der Waals surface area contributed by atoms with E-state index in [1.807, 2.05) is 18.7 Å². The van der Waals surface area contributed by atoms with Crippen LogP contribution in [0.4, 0.5) is 0 Å². The smallest absolute Gasteiger partial charge is 0.327 e. The summed E-state index contributed by atoms with van der Waals surface area (Å²) in [5, 5.41) is 0. The SMILES string of the molecule is Cc1cccc(CN(C)CCC(=O)ONN)c1. The van der Waals surface area contributed by atoms with Crippen LogP contribution in [0.2, 0.25) is 0 Å². The fraction of sp³-hybridized carbons (Fsp3) is 0.417. The van der Waals surface area contributed by atoms with Crippen LogP contribution in [-0.4, -0.2) is 24.5 Å². The van der Waals surface area contributed by atoms with Crippen molar-refractivity contribution in [1.29, 1.82) is 0 Å². The molecule has 0 saturated heterocycles. The molecule has 0 atom stereocenters. The van der Waals surface area contributed by atoms with E-state index >= 15 is 0 Å². The van der Waals surface area contributed by atoms with E-state index in [1.54, 1.807) is 0 Å². The van der Waals surface area contributed by atoms with Gasteiger partial charge in [-0.1, -0.05) is 35.4 Å². The van der Waals surface area contributed by atoms with E-state index in [4.69, 9.17) is 5.84 Å². The molecule has 94 valence electrons. The van der Waals surface area contributed by atoms with E-state index in [2.05, 4.69) is 34.9 Å². The van der Waals surface area contributed by atoms with Crippen LogP contribution in [0.5, 0.6) is 0 Å². The third-order valence-electron chi connectivity index (χ3n) is 2.41. The lowest BCUT2D eigenvalue weighted by Crippen LogP contribution is -2.29. The highest BCUT2D eigenvalue weighted by atomic mass is 16.7. The summed E-state index contributed by atoms with van der Waals surface area (Å²) in [5.74, 6) is 4.51. The van der Waals surface area contributed by atoms with Crippen LogP contribution in [0.1, 0.15) is 17.5 Å². The lowest BCUT2D eigenvalue weighted by molar-refractivity contribution is -0.151. The van der Waals surface area contributed by atoms with E-state index in [1.165, 1.54) is 11.1 Å². The van der Waals surface area contributed by atoms with Crippen molar-refractivity contribution < 1.29 is 9.63 Å². The number of nitrogens with one attached hydrogen (secondary N) is 1. The third kappa shape index (κ3) is 5.44. The minimum Gasteiger partial charge on any atom is -0.356 e. The lowest BCUT2D eigenvalue weighted by atomic mass is 10.1. The highest BCUT2D eigenvalue weighted by molar-refractivity contribution is 5.69. The summed E-state index contributed by atoms with van der Waals surface area (Å²) in [6.45, 7) is 3.51. The first-order valence-corrected chi connectivity index (χ1v) is 5.51. The minimum atomic E-state index is -0.358. The standard InChI is InChI=1S/C12H19N3O2/c1-10-4-3-5-11(8-10)9-15(2)7-6-12(16)17-14-13/h3-5,8,14H,6-7,9,13H2,1-2H3. The second kappa shape index (κ2) is 7.01. The van der Waals surface area contributed by atoms with Crippen molar-refractivity contribution in [2.45, 2.75) is 19.9 Å². The zero-order chi connectivity index (χ0) is 12.7. The molecule has 0 aromatic heterocycles. The molecule has 1 rings (SSSR count). The molecule has 0 fully saturated rings. The number of hydrazine groups is 1. The Morgan fingerprint density at radius 1 is 1.53 bits per heavy atom. The van der Waals surface area contributed by atoms with Gasteiger partial charge in [-0.2, -0.15) is 0 Å². The quantitative estimate of drug-likeness (QED) is 0.564. The Kier molecular flexibility index (Phi) is 5.62. The molecule has 0 aliphatic carbocycles. The van der Waals surface area contributed by atoms with Gasteiger partial charge in [-0.3, -0.25) is 4.79 Å². The third-order valence-corrected chi connectivity index (χ3v) is 2.41. The predicted molar refractivity (Wildman–Crippen MR) is 65.5 cm³/mol. The van der Waals surface area contributed by atoms with Gasteiger partial charge < -0.3 is 9.74 Å². The van der Waals surface area contributed by atoms with Crippen LogP contribution in [0.3, 0.4) is 0 Å². The fourth-order valence-corrected chi connectivity index (χ4v) is 1.60. The highest BCUT2D eigenvalue weighted by Gasteiger charge is 2.06. The van der Waals surface area contributed by atoms with E-state index in [0.717, 1.165) is 6.54 Å². The monoisotopic (exact) mass is 237 g/mol. The van der Waals surface area contributed by atoms with Crippen LogP contribution in [0.25, 0.3) is 0 Å². The van der Waals surface area contributed by atoms with Crippen LogP contribution in [0.15, 0.2) is 24.3 Å². The van der Waals surface area contributed by atoms with Gasteiger partial charge >= 0.3 is 5.97 Å². The first kappa shape index (κ1) is 13.6. The van der Waals surface area contributed by atoms with Gasteiger partial charge in [0.25, 0.3) is 0 Å². The average molecular weight is 237 g/mol.